The van der Waals surface area contributed by atoms with Crippen LogP contribution in [0.4, 0.5) is 4.39 Å². The molecule has 1 aromatic carbocycles. The summed E-state index contributed by atoms with van der Waals surface area (Å²) in [5.41, 5.74) is 0.0422. The van der Waals surface area contributed by atoms with E-state index in [9.17, 15) is 9.18 Å². The fourth-order valence-corrected chi connectivity index (χ4v) is 2.17. The molecule has 0 atom stereocenters. The molecule has 5 heteroatoms. The van der Waals surface area contributed by atoms with Crippen molar-refractivity contribution in [1.82, 2.24) is 5.32 Å². The van der Waals surface area contributed by atoms with Crippen molar-refractivity contribution in [3.63, 3.8) is 0 Å². The molecule has 0 radical (unpaired) electrons. The Morgan fingerprint density at radius 1 is 1.53 bits per heavy atom. The van der Waals surface area contributed by atoms with Crippen LogP contribution < -0.4 is 5.32 Å². The zero-order valence-electron chi connectivity index (χ0n) is 9.69. The van der Waals surface area contributed by atoms with E-state index in [0.29, 0.717) is 17.9 Å². The Morgan fingerprint density at radius 2 is 2.18 bits per heavy atom. The van der Waals surface area contributed by atoms with Crippen molar-refractivity contribution in [1.29, 1.82) is 0 Å². The fraction of sp³-hybridized carbons (Fsp3) is 0.417. The van der Waals surface area contributed by atoms with E-state index in [4.69, 9.17) is 11.6 Å². The van der Waals surface area contributed by atoms with Gasteiger partial charge in [0.05, 0.1) is 4.47 Å². The van der Waals surface area contributed by atoms with Crippen molar-refractivity contribution < 1.29 is 9.18 Å². The molecule has 0 bridgehead atoms. The third kappa shape index (κ3) is 4.28. The van der Waals surface area contributed by atoms with E-state index in [0.717, 1.165) is 0 Å². The molecule has 0 saturated carbocycles. The molecule has 0 aliphatic carbocycles. The van der Waals surface area contributed by atoms with Crippen molar-refractivity contribution in [3.8, 4) is 0 Å². The van der Waals surface area contributed by atoms with Crippen molar-refractivity contribution in [2.24, 2.45) is 0 Å². The van der Waals surface area contributed by atoms with Gasteiger partial charge in [0, 0.05) is 17.0 Å². The summed E-state index contributed by atoms with van der Waals surface area (Å²) in [7, 11) is 0. The van der Waals surface area contributed by atoms with E-state index in [1.165, 1.54) is 18.2 Å². The molecule has 1 rings (SSSR count). The van der Waals surface area contributed by atoms with Gasteiger partial charge in [0.1, 0.15) is 5.82 Å². The minimum Gasteiger partial charge on any atom is -0.347 e. The van der Waals surface area contributed by atoms with E-state index in [2.05, 4.69) is 21.2 Å². The van der Waals surface area contributed by atoms with Gasteiger partial charge in [-0.05, 0) is 54.4 Å². The van der Waals surface area contributed by atoms with Gasteiger partial charge in [-0.1, -0.05) is 0 Å². The molecule has 0 aliphatic rings. The molecule has 0 unspecified atom stereocenters. The highest BCUT2D eigenvalue weighted by molar-refractivity contribution is 9.10. The number of benzene rings is 1. The highest BCUT2D eigenvalue weighted by atomic mass is 79.9. The Balaban J connectivity index is 2.80. The number of hydrogen-bond acceptors (Lipinski definition) is 1. The van der Waals surface area contributed by atoms with Crippen molar-refractivity contribution in [2.75, 3.05) is 5.88 Å². The van der Waals surface area contributed by atoms with Gasteiger partial charge in [-0.2, -0.15) is 0 Å². The molecule has 94 valence electrons. The van der Waals surface area contributed by atoms with E-state index in [1.54, 1.807) is 0 Å². The fourth-order valence-electron chi connectivity index (χ4n) is 1.32. The summed E-state index contributed by atoms with van der Waals surface area (Å²) in [4.78, 5) is 11.9. The molecule has 1 aromatic rings. The van der Waals surface area contributed by atoms with Gasteiger partial charge >= 0.3 is 0 Å². The summed E-state index contributed by atoms with van der Waals surface area (Å²) in [6.07, 6.45) is 0.669. The van der Waals surface area contributed by atoms with Crippen molar-refractivity contribution >= 4 is 33.4 Å². The standard InChI is InChI=1S/C12H14BrClFNO/c1-12(2,5-6-14)16-11(17)8-3-4-10(15)9(13)7-8/h3-4,7H,5-6H2,1-2H3,(H,16,17). The first-order valence-corrected chi connectivity index (χ1v) is 6.52. The average molecular weight is 323 g/mol. The summed E-state index contributed by atoms with van der Waals surface area (Å²) in [6, 6.07) is 4.17. The number of hydrogen-bond donors (Lipinski definition) is 1. The van der Waals surface area contributed by atoms with Gasteiger partial charge in [0.25, 0.3) is 5.91 Å². The van der Waals surface area contributed by atoms with E-state index in [-0.39, 0.29) is 21.7 Å². The number of carbonyl (C=O) groups is 1. The van der Waals surface area contributed by atoms with E-state index >= 15 is 0 Å². The van der Waals surface area contributed by atoms with Crippen LogP contribution in [0.2, 0.25) is 0 Å². The molecule has 17 heavy (non-hydrogen) atoms. The Hall–Kier alpha value is -0.610. The molecule has 0 aliphatic heterocycles. The van der Waals surface area contributed by atoms with Crippen molar-refractivity contribution in [2.45, 2.75) is 25.8 Å². The van der Waals surface area contributed by atoms with E-state index in [1.807, 2.05) is 13.8 Å². The first-order chi connectivity index (χ1) is 7.85. The van der Waals surface area contributed by atoms with Gasteiger partial charge in [-0.3, -0.25) is 4.79 Å². The monoisotopic (exact) mass is 321 g/mol. The van der Waals surface area contributed by atoms with Gasteiger partial charge in [-0.15, -0.1) is 11.6 Å². The normalized spacial score (nSPS) is 11.4. The third-order valence-electron chi connectivity index (χ3n) is 2.35. The van der Waals surface area contributed by atoms with Crippen LogP contribution in [0.25, 0.3) is 0 Å². The van der Waals surface area contributed by atoms with Crippen LogP contribution in [0.1, 0.15) is 30.6 Å². The molecule has 1 amide bonds. The number of nitrogens with one attached hydrogen (secondary N) is 1. The molecular weight excluding hydrogens is 308 g/mol. The maximum absolute atomic E-state index is 13.0. The largest absolute Gasteiger partial charge is 0.347 e. The van der Waals surface area contributed by atoms with Crippen LogP contribution in [0.3, 0.4) is 0 Å². The molecule has 0 saturated heterocycles. The summed E-state index contributed by atoms with van der Waals surface area (Å²) < 4.78 is 13.3. The molecule has 0 fully saturated rings. The SMILES string of the molecule is CC(C)(CCCl)NC(=O)c1ccc(F)c(Br)c1. The lowest BCUT2D eigenvalue weighted by Gasteiger charge is -2.25. The number of rotatable bonds is 4. The maximum Gasteiger partial charge on any atom is 0.251 e. The maximum atomic E-state index is 13.0. The highest BCUT2D eigenvalue weighted by Gasteiger charge is 2.20. The van der Waals surface area contributed by atoms with Gasteiger partial charge < -0.3 is 5.32 Å². The Labute approximate surface area is 114 Å². The summed E-state index contributed by atoms with van der Waals surface area (Å²) in [5, 5.41) is 2.85. The number of halogens is 3. The van der Waals surface area contributed by atoms with Gasteiger partial charge in [0.15, 0.2) is 0 Å². The van der Waals surface area contributed by atoms with Crippen LogP contribution in [-0.2, 0) is 0 Å². The van der Waals surface area contributed by atoms with Crippen LogP contribution in [-0.4, -0.2) is 17.3 Å². The quantitative estimate of drug-likeness (QED) is 0.841. The number of alkyl halides is 1. The topological polar surface area (TPSA) is 29.1 Å². The lowest BCUT2D eigenvalue weighted by atomic mass is 10.0. The molecule has 0 aromatic heterocycles. The summed E-state index contributed by atoms with van der Waals surface area (Å²) >= 11 is 8.70. The molecule has 0 spiro atoms. The van der Waals surface area contributed by atoms with Gasteiger partial charge in [0.2, 0.25) is 0 Å². The zero-order valence-corrected chi connectivity index (χ0v) is 12.0. The summed E-state index contributed by atoms with van der Waals surface area (Å²) in [6.45, 7) is 3.79. The zero-order chi connectivity index (χ0) is 13.1. The third-order valence-corrected chi connectivity index (χ3v) is 3.15. The lowest BCUT2D eigenvalue weighted by molar-refractivity contribution is 0.0911. The molecule has 2 nitrogen and oxygen atoms in total. The molecular formula is C12H14BrClFNO. The second kappa shape index (κ2) is 5.83. The molecule has 0 heterocycles. The van der Waals surface area contributed by atoms with Gasteiger partial charge in [-0.25, -0.2) is 4.39 Å². The predicted octanol–water partition coefficient (Wildman–Crippen LogP) is 3.73. The van der Waals surface area contributed by atoms with Crippen LogP contribution in [0.5, 0.6) is 0 Å². The first-order valence-electron chi connectivity index (χ1n) is 5.19. The van der Waals surface area contributed by atoms with Crippen LogP contribution in [0, 0.1) is 5.82 Å². The van der Waals surface area contributed by atoms with E-state index < -0.39 is 0 Å². The van der Waals surface area contributed by atoms with Crippen LogP contribution in [0.15, 0.2) is 22.7 Å². The Kier molecular flexibility index (Phi) is 4.95. The molecule has 1 N–H and O–H groups in total. The Morgan fingerprint density at radius 3 is 2.71 bits per heavy atom. The summed E-state index contributed by atoms with van der Waals surface area (Å²) in [5.74, 6) is -0.150. The number of carbonyl (C=O) groups excluding carboxylic acids is 1. The minimum atomic E-state index is -0.387. The van der Waals surface area contributed by atoms with Crippen molar-refractivity contribution in [3.05, 3.63) is 34.1 Å². The minimum absolute atomic E-state index is 0.235. The lowest BCUT2D eigenvalue weighted by Crippen LogP contribution is -2.43. The second-order valence-electron chi connectivity index (χ2n) is 4.41. The van der Waals surface area contributed by atoms with Crippen LogP contribution >= 0.6 is 27.5 Å². The smallest absolute Gasteiger partial charge is 0.251 e. The predicted molar refractivity (Wildman–Crippen MR) is 71.0 cm³/mol. The first kappa shape index (κ1) is 14.5. The highest BCUT2D eigenvalue weighted by Crippen LogP contribution is 2.18. The Bertz CT molecular complexity index is 423. The second-order valence-corrected chi connectivity index (χ2v) is 5.64. The number of amides is 1. The average Bonchev–Trinajstić information content (AvgIpc) is 2.21.